The van der Waals surface area contributed by atoms with Crippen LogP contribution in [0, 0.1) is 5.82 Å². The topological polar surface area (TPSA) is 64.8 Å². The molecule has 2 aromatic carbocycles. The summed E-state index contributed by atoms with van der Waals surface area (Å²) in [7, 11) is 0. The van der Waals surface area contributed by atoms with Crippen LogP contribution in [0.3, 0.4) is 0 Å². The summed E-state index contributed by atoms with van der Waals surface area (Å²) in [4.78, 5) is 25.9. The van der Waals surface area contributed by atoms with Crippen LogP contribution in [0.1, 0.15) is 35.2 Å². The van der Waals surface area contributed by atoms with Crippen molar-refractivity contribution in [2.45, 2.75) is 18.9 Å². The summed E-state index contributed by atoms with van der Waals surface area (Å²) < 4.78 is 13.9. The Morgan fingerprint density at radius 2 is 1.96 bits per heavy atom. The number of fused-ring (bicyclic) bond motifs is 2. The van der Waals surface area contributed by atoms with E-state index in [0.717, 1.165) is 29.7 Å². The first-order chi connectivity index (χ1) is 12.7. The fourth-order valence-electron chi connectivity index (χ4n) is 3.81. The number of halogens is 1. The first kappa shape index (κ1) is 15.1. The van der Waals surface area contributed by atoms with E-state index in [1.54, 1.807) is 18.2 Å². The van der Waals surface area contributed by atoms with Gasteiger partial charge >= 0.3 is 0 Å². The van der Waals surface area contributed by atoms with Crippen LogP contribution in [-0.2, 0) is 0 Å². The van der Waals surface area contributed by atoms with Gasteiger partial charge in [-0.1, -0.05) is 18.2 Å². The Balaban J connectivity index is 1.51. The van der Waals surface area contributed by atoms with E-state index < -0.39 is 0 Å². The van der Waals surface area contributed by atoms with E-state index in [-0.39, 0.29) is 17.8 Å². The Hall–Kier alpha value is -3.15. The second-order valence-corrected chi connectivity index (χ2v) is 6.68. The number of aromatic nitrogens is 3. The molecule has 1 amide bonds. The minimum absolute atomic E-state index is 0.0915. The highest BCUT2D eigenvalue weighted by molar-refractivity contribution is 5.98. The zero-order valence-electron chi connectivity index (χ0n) is 14.0. The van der Waals surface area contributed by atoms with Crippen LogP contribution in [0.2, 0.25) is 0 Å². The number of aromatic amines is 2. The predicted molar refractivity (Wildman–Crippen MR) is 97.4 cm³/mol. The maximum absolute atomic E-state index is 13.9. The van der Waals surface area contributed by atoms with Crippen molar-refractivity contribution in [1.82, 2.24) is 19.9 Å². The molecule has 26 heavy (non-hydrogen) atoms. The number of hydrogen-bond acceptors (Lipinski definition) is 2. The van der Waals surface area contributed by atoms with Gasteiger partial charge in [-0.25, -0.2) is 9.37 Å². The van der Waals surface area contributed by atoms with Crippen molar-refractivity contribution in [2.75, 3.05) is 6.54 Å². The van der Waals surface area contributed by atoms with E-state index in [4.69, 9.17) is 0 Å². The quantitative estimate of drug-likeness (QED) is 0.571. The number of likely N-dealkylation sites (tertiary alicyclic amines) is 1. The van der Waals surface area contributed by atoms with Crippen LogP contribution in [0.4, 0.5) is 4.39 Å². The van der Waals surface area contributed by atoms with Crippen molar-refractivity contribution >= 4 is 27.8 Å². The average Bonchev–Trinajstić information content (AvgIpc) is 3.37. The molecular weight excluding hydrogens is 331 g/mol. The fraction of sp³-hybridized carbons (Fsp3) is 0.200. The molecule has 0 radical (unpaired) electrons. The smallest absolute Gasteiger partial charge is 0.270 e. The third-order valence-electron chi connectivity index (χ3n) is 5.08. The zero-order valence-corrected chi connectivity index (χ0v) is 14.0. The Kier molecular flexibility index (Phi) is 3.31. The van der Waals surface area contributed by atoms with E-state index >= 15 is 0 Å². The number of nitrogens with zero attached hydrogens (tertiary/aromatic N) is 2. The summed E-state index contributed by atoms with van der Waals surface area (Å²) in [5.74, 6) is 0.357. The molecule has 1 saturated heterocycles. The monoisotopic (exact) mass is 348 g/mol. The lowest BCUT2D eigenvalue weighted by atomic mass is 10.2. The second-order valence-electron chi connectivity index (χ2n) is 6.68. The lowest BCUT2D eigenvalue weighted by molar-refractivity contribution is 0.0725. The van der Waals surface area contributed by atoms with Crippen molar-refractivity contribution < 1.29 is 9.18 Å². The van der Waals surface area contributed by atoms with Gasteiger partial charge in [0.15, 0.2) is 0 Å². The Morgan fingerprint density at radius 3 is 2.81 bits per heavy atom. The maximum atomic E-state index is 13.9. The molecule has 0 bridgehead atoms. The van der Waals surface area contributed by atoms with E-state index in [2.05, 4.69) is 15.0 Å². The summed E-state index contributed by atoms with van der Waals surface area (Å²) >= 11 is 0. The highest BCUT2D eigenvalue weighted by atomic mass is 19.1. The number of imidazole rings is 1. The van der Waals surface area contributed by atoms with Gasteiger partial charge in [-0.05, 0) is 43.2 Å². The molecule has 5 nitrogen and oxygen atoms in total. The van der Waals surface area contributed by atoms with Crippen molar-refractivity contribution in [3.8, 4) is 0 Å². The molecule has 0 saturated carbocycles. The molecule has 6 heteroatoms. The third kappa shape index (κ3) is 2.29. The molecule has 1 unspecified atom stereocenters. The summed E-state index contributed by atoms with van der Waals surface area (Å²) in [6.07, 6.45) is 1.78. The number of nitrogens with one attached hydrogen (secondary N) is 2. The van der Waals surface area contributed by atoms with Crippen molar-refractivity contribution in [1.29, 1.82) is 0 Å². The van der Waals surface area contributed by atoms with Crippen LogP contribution >= 0.6 is 0 Å². The zero-order chi connectivity index (χ0) is 17.7. The molecular formula is C20H17FN4O. The van der Waals surface area contributed by atoms with E-state index in [1.807, 2.05) is 29.2 Å². The van der Waals surface area contributed by atoms with Gasteiger partial charge in [0.1, 0.15) is 17.3 Å². The first-order valence-corrected chi connectivity index (χ1v) is 8.73. The molecule has 3 heterocycles. The largest absolute Gasteiger partial charge is 0.350 e. The minimum atomic E-state index is -0.326. The normalized spacial score (nSPS) is 17.4. The summed E-state index contributed by atoms with van der Waals surface area (Å²) in [6.45, 7) is 0.665. The van der Waals surface area contributed by atoms with Gasteiger partial charge in [0.25, 0.3) is 5.91 Å². The number of benzene rings is 2. The molecule has 0 spiro atoms. The summed E-state index contributed by atoms with van der Waals surface area (Å²) in [5.41, 5.74) is 2.91. The molecule has 1 atom stereocenters. The van der Waals surface area contributed by atoms with Gasteiger partial charge in [0.05, 0.1) is 17.1 Å². The molecule has 2 aromatic heterocycles. The summed E-state index contributed by atoms with van der Waals surface area (Å²) in [6, 6.07) is 14.2. The van der Waals surface area contributed by atoms with E-state index in [9.17, 15) is 9.18 Å². The molecule has 2 N–H and O–H groups in total. The van der Waals surface area contributed by atoms with Crippen molar-refractivity contribution in [3.05, 3.63) is 65.9 Å². The van der Waals surface area contributed by atoms with Crippen molar-refractivity contribution in [2.24, 2.45) is 0 Å². The number of carbonyl (C=O) groups excluding carboxylic acids is 1. The molecule has 1 aliphatic heterocycles. The molecule has 130 valence electrons. The molecule has 0 aliphatic carbocycles. The number of para-hydroxylation sites is 2. The van der Waals surface area contributed by atoms with Gasteiger partial charge in [-0.2, -0.15) is 0 Å². The van der Waals surface area contributed by atoms with E-state index in [1.165, 1.54) is 6.07 Å². The third-order valence-corrected chi connectivity index (χ3v) is 5.08. The lowest BCUT2D eigenvalue weighted by Gasteiger charge is -2.22. The van der Waals surface area contributed by atoms with E-state index in [0.29, 0.717) is 23.1 Å². The second kappa shape index (κ2) is 5.69. The van der Waals surface area contributed by atoms with Gasteiger partial charge in [0, 0.05) is 17.4 Å². The molecule has 4 aromatic rings. The van der Waals surface area contributed by atoms with Gasteiger partial charge < -0.3 is 14.9 Å². The Morgan fingerprint density at radius 1 is 1.12 bits per heavy atom. The van der Waals surface area contributed by atoms with Gasteiger partial charge in [-0.15, -0.1) is 0 Å². The Labute approximate surface area is 148 Å². The van der Waals surface area contributed by atoms with Crippen LogP contribution in [0.25, 0.3) is 21.9 Å². The number of H-pyrrole nitrogens is 2. The van der Waals surface area contributed by atoms with Crippen LogP contribution in [0.15, 0.2) is 48.5 Å². The Bertz CT molecular complexity index is 1100. The van der Waals surface area contributed by atoms with Crippen molar-refractivity contribution in [3.63, 3.8) is 0 Å². The van der Waals surface area contributed by atoms with Crippen LogP contribution in [-0.4, -0.2) is 32.3 Å². The molecule has 1 aliphatic rings. The van der Waals surface area contributed by atoms with Crippen LogP contribution < -0.4 is 0 Å². The number of hydrogen-bond donors (Lipinski definition) is 2. The maximum Gasteiger partial charge on any atom is 0.270 e. The highest BCUT2D eigenvalue weighted by Crippen LogP contribution is 2.33. The number of carbonyl (C=O) groups is 1. The van der Waals surface area contributed by atoms with Crippen LogP contribution in [0.5, 0.6) is 0 Å². The lowest BCUT2D eigenvalue weighted by Crippen LogP contribution is -2.31. The first-order valence-electron chi connectivity index (χ1n) is 8.73. The molecule has 1 fully saturated rings. The SMILES string of the molecule is O=C(c1cc2c(F)cccc2[nH]1)N1CCCC1c1nc2ccccc2[nH]1. The number of rotatable bonds is 2. The van der Waals surface area contributed by atoms with Gasteiger partial charge in [-0.3, -0.25) is 4.79 Å². The van der Waals surface area contributed by atoms with Gasteiger partial charge in [0.2, 0.25) is 0 Å². The molecule has 5 rings (SSSR count). The standard InChI is InChI=1S/C20H17FN4O/c21-13-5-3-8-14-12(13)11-17(22-14)20(26)25-10-4-9-18(25)19-23-15-6-1-2-7-16(15)24-19/h1-3,5-8,11,18,22H,4,9-10H2,(H,23,24). The minimum Gasteiger partial charge on any atom is -0.350 e. The highest BCUT2D eigenvalue weighted by Gasteiger charge is 2.33. The number of amides is 1. The summed E-state index contributed by atoms with van der Waals surface area (Å²) in [5, 5.41) is 0.440. The fourth-order valence-corrected chi connectivity index (χ4v) is 3.81. The average molecular weight is 348 g/mol. The predicted octanol–water partition coefficient (Wildman–Crippen LogP) is 4.16.